The third-order valence-electron chi connectivity index (χ3n) is 6.31. The molecule has 1 aliphatic carbocycles. The SMILES string of the molecule is NS(=O)(=O)OC[C@H]1C[C@@H](Cc2ncncc2C(=O)c2ccn(Cc3cccc(OC(F)F)c3)c2)[C@@H](F)[C@@H]1O. The average Bonchev–Trinajstić information content (AvgIpc) is 3.42. The topological polar surface area (TPSA) is 147 Å². The van der Waals surface area contributed by atoms with Gasteiger partial charge in [0.1, 0.15) is 18.2 Å². The fraction of sp³-hybridized carbons (Fsp3) is 0.375. The van der Waals surface area contributed by atoms with E-state index >= 15 is 0 Å². The van der Waals surface area contributed by atoms with Crippen molar-refractivity contribution in [2.24, 2.45) is 17.0 Å². The van der Waals surface area contributed by atoms with Gasteiger partial charge < -0.3 is 14.4 Å². The second-order valence-electron chi connectivity index (χ2n) is 8.98. The summed E-state index contributed by atoms with van der Waals surface area (Å²) in [6.45, 7) is -3.11. The fourth-order valence-corrected chi connectivity index (χ4v) is 4.92. The fourth-order valence-electron chi connectivity index (χ4n) is 4.56. The Morgan fingerprint density at radius 1 is 1.26 bits per heavy atom. The second kappa shape index (κ2) is 11.6. The lowest BCUT2D eigenvalue weighted by Crippen LogP contribution is -2.29. The molecule has 4 atom stereocenters. The number of hydrogen-bond acceptors (Lipinski definition) is 8. The van der Waals surface area contributed by atoms with Crippen LogP contribution in [-0.2, 0) is 27.5 Å². The number of hydrogen-bond donors (Lipinski definition) is 2. The van der Waals surface area contributed by atoms with E-state index < -0.39 is 53.4 Å². The molecular formula is C24H25F3N4O6S. The van der Waals surface area contributed by atoms with E-state index in [2.05, 4.69) is 18.9 Å². The first kappa shape index (κ1) is 27.7. The van der Waals surface area contributed by atoms with Gasteiger partial charge in [-0.3, -0.25) is 8.98 Å². The highest BCUT2D eigenvalue weighted by atomic mass is 32.2. The van der Waals surface area contributed by atoms with E-state index in [9.17, 15) is 31.5 Å². The minimum absolute atomic E-state index is 0.00529. The van der Waals surface area contributed by atoms with Crippen molar-refractivity contribution in [1.82, 2.24) is 14.5 Å². The van der Waals surface area contributed by atoms with Gasteiger partial charge in [-0.2, -0.15) is 17.2 Å². The van der Waals surface area contributed by atoms with Crippen molar-refractivity contribution in [3.63, 3.8) is 0 Å². The maximum absolute atomic E-state index is 14.8. The Kier molecular flexibility index (Phi) is 8.45. The predicted molar refractivity (Wildman–Crippen MR) is 127 cm³/mol. The lowest BCUT2D eigenvalue weighted by molar-refractivity contribution is -0.0498. The van der Waals surface area contributed by atoms with Crippen molar-refractivity contribution in [1.29, 1.82) is 0 Å². The summed E-state index contributed by atoms with van der Waals surface area (Å²) in [5, 5.41) is 15.0. The number of rotatable bonds is 11. The number of nitrogens with zero attached hydrogens (tertiary/aromatic N) is 3. The number of alkyl halides is 3. The average molecular weight is 555 g/mol. The zero-order valence-electron chi connectivity index (χ0n) is 19.9. The molecule has 3 N–H and O–H groups in total. The molecule has 0 radical (unpaired) electrons. The largest absolute Gasteiger partial charge is 0.435 e. The molecule has 4 rings (SSSR count). The Morgan fingerprint density at radius 3 is 2.79 bits per heavy atom. The first-order valence-corrected chi connectivity index (χ1v) is 13.0. The van der Waals surface area contributed by atoms with E-state index in [1.54, 1.807) is 35.2 Å². The quantitative estimate of drug-likeness (QED) is 0.343. The van der Waals surface area contributed by atoms with Crippen LogP contribution in [0, 0.1) is 11.8 Å². The van der Waals surface area contributed by atoms with Crippen LogP contribution < -0.4 is 9.88 Å². The van der Waals surface area contributed by atoms with E-state index in [1.165, 1.54) is 24.7 Å². The molecule has 204 valence electrons. The van der Waals surface area contributed by atoms with Crippen molar-refractivity contribution >= 4 is 16.1 Å². The molecule has 38 heavy (non-hydrogen) atoms. The number of aliphatic hydroxyl groups is 1. The molecular weight excluding hydrogens is 529 g/mol. The number of ketones is 1. The van der Waals surface area contributed by atoms with E-state index in [0.717, 1.165) is 0 Å². The van der Waals surface area contributed by atoms with Crippen LogP contribution in [0.5, 0.6) is 5.75 Å². The highest BCUT2D eigenvalue weighted by Crippen LogP contribution is 2.37. The van der Waals surface area contributed by atoms with Gasteiger partial charge in [0.2, 0.25) is 0 Å². The molecule has 14 heteroatoms. The number of aliphatic hydroxyl groups excluding tert-OH is 1. The van der Waals surface area contributed by atoms with E-state index in [0.29, 0.717) is 11.1 Å². The van der Waals surface area contributed by atoms with E-state index in [-0.39, 0.29) is 36.4 Å². The lowest BCUT2D eigenvalue weighted by atomic mass is 9.95. The van der Waals surface area contributed by atoms with Gasteiger partial charge >= 0.3 is 16.9 Å². The Hall–Kier alpha value is -3.33. The minimum Gasteiger partial charge on any atom is -0.435 e. The van der Waals surface area contributed by atoms with Crippen LogP contribution >= 0.6 is 0 Å². The van der Waals surface area contributed by atoms with Gasteiger partial charge in [-0.15, -0.1) is 0 Å². The molecule has 2 aromatic heterocycles. The third-order valence-corrected chi connectivity index (χ3v) is 6.77. The molecule has 0 spiro atoms. The monoisotopic (exact) mass is 554 g/mol. The molecule has 1 fully saturated rings. The normalized spacial score (nSPS) is 21.6. The zero-order valence-corrected chi connectivity index (χ0v) is 20.7. The molecule has 0 unspecified atom stereocenters. The highest BCUT2D eigenvalue weighted by Gasteiger charge is 2.43. The van der Waals surface area contributed by atoms with Gasteiger partial charge in [-0.05, 0) is 42.5 Å². The van der Waals surface area contributed by atoms with Gasteiger partial charge in [-0.25, -0.2) is 19.5 Å². The molecule has 1 aliphatic rings. The highest BCUT2D eigenvalue weighted by molar-refractivity contribution is 7.84. The molecule has 1 saturated carbocycles. The molecule has 10 nitrogen and oxygen atoms in total. The first-order chi connectivity index (χ1) is 18.0. The van der Waals surface area contributed by atoms with Crippen LogP contribution in [0.1, 0.15) is 33.6 Å². The molecule has 0 saturated heterocycles. The zero-order chi connectivity index (χ0) is 27.4. The molecule has 0 amide bonds. The minimum atomic E-state index is -4.24. The van der Waals surface area contributed by atoms with Gasteiger partial charge in [-0.1, -0.05) is 12.1 Å². The van der Waals surface area contributed by atoms with Gasteiger partial charge in [0.25, 0.3) is 0 Å². The van der Waals surface area contributed by atoms with Gasteiger partial charge in [0.15, 0.2) is 5.78 Å². The number of halogens is 3. The summed E-state index contributed by atoms with van der Waals surface area (Å²) >= 11 is 0. The molecule has 0 bridgehead atoms. The molecule has 0 aliphatic heterocycles. The van der Waals surface area contributed by atoms with Crippen LogP contribution in [0.4, 0.5) is 13.2 Å². The summed E-state index contributed by atoms with van der Waals surface area (Å²) < 4.78 is 72.5. The van der Waals surface area contributed by atoms with Crippen molar-refractivity contribution in [2.75, 3.05) is 6.61 Å². The van der Waals surface area contributed by atoms with Crippen molar-refractivity contribution in [2.45, 2.75) is 38.3 Å². The van der Waals surface area contributed by atoms with Gasteiger partial charge in [0, 0.05) is 36.6 Å². The standard InChI is InChI=1S/C24H25F3N4O6S/c25-21-16(7-17(23(21)33)12-36-38(28,34)35)8-20-19(9-29-13-30-20)22(32)15-4-5-31(11-15)10-14-2-1-3-18(6-14)37-24(26)27/h1-6,9,11,13,16-17,21,23-24,33H,7-8,10,12H2,(H2,28,34,35)/t16-,17+,21+,23+/m0/s1. The van der Waals surface area contributed by atoms with Crippen molar-refractivity contribution in [3.8, 4) is 5.75 Å². The summed E-state index contributed by atoms with van der Waals surface area (Å²) in [5.41, 5.74) is 1.42. The predicted octanol–water partition coefficient (Wildman–Crippen LogP) is 2.26. The Morgan fingerprint density at radius 2 is 2.05 bits per heavy atom. The van der Waals surface area contributed by atoms with Crippen LogP contribution in [0.25, 0.3) is 0 Å². The first-order valence-electron chi connectivity index (χ1n) is 11.5. The summed E-state index contributed by atoms with van der Waals surface area (Å²) in [5.74, 6) is -1.92. The summed E-state index contributed by atoms with van der Waals surface area (Å²) in [6.07, 6.45) is 2.75. The number of carbonyl (C=O) groups is 1. The number of aromatic nitrogens is 3. The van der Waals surface area contributed by atoms with Crippen LogP contribution in [-0.4, -0.2) is 59.3 Å². The van der Waals surface area contributed by atoms with E-state index in [1.807, 2.05) is 0 Å². The molecule has 1 aromatic carbocycles. The second-order valence-corrected chi connectivity index (χ2v) is 10.2. The molecule has 3 aromatic rings. The third kappa shape index (κ3) is 6.95. The van der Waals surface area contributed by atoms with E-state index in [4.69, 9.17) is 5.14 Å². The number of ether oxygens (including phenoxy) is 1. The van der Waals surface area contributed by atoms with Crippen LogP contribution in [0.2, 0.25) is 0 Å². The summed E-state index contributed by atoms with van der Waals surface area (Å²) in [4.78, 5) is 21.3. The number of nitrogens with two attached hydrogens (primary N) is 1. The molecule has 2 heterocycles. The Bertz CT molecular complexity index is 1390. The van der Waals surface area contributed by atoms with Crippen LogP contribution in [0.15, 0.2) is 55.2 Å². The van der Waals surface area contributed by atoms with Crippen molar-refractivity contribution in [3.05, 3.63) is 77.6 Å². The smallest absolute Gasteiger partial charge is 0.387 e. The van der Waals surface area contributed by atoms with Crippen molar-refractivity contribution < 1.29 is 40.4 Å². The Labute approximate surface area is 216 Å². The summed E-state index contributed by atoms with van der Waals surface area (Å²) in [7, 11) is -4.24. The van der Waals surface area contributed by atoms with Crippen LogP contribution in [0.3, 0.4) is 0 Å². The lowest BCUT2D eigenvalue weighted by Gasteiger charge is -2.15. The maximum Gasteiger partial charge on any atom is 0.387 e. The Balaban J connectivity index is 1.46. The maximum atomic E-state index is 14.8. The summed E-state index contributed by atoms with van der Waals surface area (Å²) in [6, 6.07) is 7.78. The number of carbonyl (C=O) groups excluding carboxylic acids is 1. The number of benzene rings is 1. The van der Waals surface area contributed by atoms with Gasteiger partial charge in [0.05, 0.1) is 24.0 Å².